The monoisotopic (exact) mass is 311 g/mol. The number of piperidine rings is 1. The SMILES string of the molecule is CCOP(=O)(OCC)C(c1ccccc1)N1CCCCC1. The fraction of sp³-hybridized carbons (Fsp3) is 0.625. The molecule has 0 saturated carbocycles. The molecule has 0 aliphatic carbocycles. The smallest absolute Gasteiger partial charge is 0.308 e. The summed E-state index contributed by atoms with van der Waals surface area (Å²) in [5.41, 5.74) is 1.02. The molecule has 0 amide bonds. The van der Waals surface area contributed by atoms with Crippen molar-refractivity contribution in [2.75, 3.05) is 26.3 Å². The van der Waals surface area contributed by atoms with Crippen LogP contribution in [0.5, 0.6) is 0 Å². The van der Waals surface area contributed by atoms with Crippen molar-refractivity contribution in [1.29, 1.82) is 0 Å². The summed E-state index contributed by atoms with van der Waals surface area (Å²) >= 11 is 0. The van der Waals surface area contributed by atoms with Gasteiger partial charge < -0.3 is 9.05 Å². The summed E-state index contributed by atoms with van der Waals surface area (Å²) < 4.78 is 24.6. The lowest BCUT2D eigenvalue weighted by molar-refractivity contribution is 0.147. The van der Waals surface area contributed by atoms with Crippen LogP contribution in [0.4, 0.5) is 0 Å². The Hall–Kier alpha value is -0.670. The summed E-state index contributed by atoms with van der Waals surface area (Å²) in [6.07, 6.45) is 3.52. The largest absolute Gasteiger partial charge is 0.352 e. The lowest BCUT2D eigenvalue weighted by atomic mass is 10.1. The fourth-order valence-electron chi connectivity index (χ4n) is 2.92. The van der Waals surface area contributed by atoms with Crippen LogP contribution >= 0.6 is 7.60 Å². The van der Waals surface area contributed by atoms with Crippen LogP contribution < -0.4 is 0 Å². The van der Waals surface area contributed by atoms with E-state index in [0.29, 0.717) is 13.2 Å². The summed E-state index contributed by atoms with van der Waals surface area (Å²) in [7, 11) is -3.19. The van der Waals surface area contributed by atoms with Crippen molar-refractivity contribution < 1.29 is 13.6 Å². The maximum Gasteiger partial charge on any atom is 0.352 e. The third kappa shape index (κ3) is 4.17. The predicted octanol–water partition coefficient (Wildman–Crippen LogP) is 4.44. The highest BCUT2D eigenvalue weighted by Gasteiger charge is 2.41. The highest BCUT2D eigenvalue weighted by molar-refractivity contribution is 7.54. The molecule has 1 saturated heterocycles. The van der Waals surface area contributed by atoms with Crippen LogP contribution in [0.3, 0.4) is 0 Å². The Morgan fingerprint density at radius 1 is 1.05 bits per heavy atom. The molecule has 0 aromatic heterocycles. The molecule has 1 fully saturated rings. The van der Waals surface area contributed by atoms with Crippen LogP contribution in [-0.2, 0) is 13.6 Å². The molecule has 21 heavy (non-hydrogen) atoms. The van der Waals surface area contributed by atoms with E-state index in [9.17, 15) is 4.57 Å². The van der Waals surface area contributed by atoms with Crippen molar-refractivity contribution in [1.82, 2.24) is 4.90 Å². The van der Waals surface area contributed by atoms with Crippen LogP contribution in [0.15, 0.2) is 30.3 Å². The first-order valence-corrected chi connectivity index (χ1v) is 9.50. The van der Waals surface area contributed by atoms with Crippen molar-refractivity contribution in [2.45, 2.75) is 38.9 Å². The Kier molecular flexibility index (Phi) is 6.43. The second-order valence-corrected chi connectivity index (χ2v) is 7.34. The molecule has 118 valence electrons. The van der Waals surface area contributed by atoms with E-state index in [4.69, 9.17) is 9.05 Å². The van der Waals surface area contributed by atoms with Crippen LogP contribution in [0, 0.1) is 0 Å². The van der Waals surface area contributed by atoms with Gasteiger partial charge in [-0.2, -0.15) is 0 Å². The second kappa shape index (κ2) is 8.09. The molecule has 0 N–H and O–H groups in total. The molecule has 1 aromatic rings. The van der Waals surface area contributed by atoms with Gasteiger partial charge in [0.25, 0.3) is 0 Å². The summed E-state index contributed by atoms with van der Waals surface area (Å²) in [6, 6.07) is 9.97. The molecular formula is C16H26NO3P. The minimum Gasteiger partial charge on any atom is -0.308 e. The first-order chi connectivity index (χ1) is 10.2. The van der Waals surface area contributed by atoms with E-state index in [1.165, 1.54) is 6.42 Å². The molecule has 1 aromatic carbocycles. The molecule has 1 aliphatic heterocycles. The third-order valence-electron chi connectivity index (χ3n) is 3.75. The first kappa shape index (κ1) is 16.7. The van der Waals surface area contributed by atoms with Crippen LogP contribution in [0.25, 0.3) is 0 Å². The van der Waals surface area contributed by atoms with Crippen LogP contribution in [0.2, 0.25) is 0 Å². The minimum atomic E-state index is -3.19. The molecule has 0 bridgehead atoms. The van der Waals surface area contributed by atoms with Crippen LogP contribution in [0.1, 0.15) is 44.5 Å². The van der Waals surface area contributed by atoms with Gasteiger partial charge in [-0.25, -0.2) is 0 Å². The molecule has 5 heteroatoms. The summed E-state index contributed by atoms with van der Waals surface area (Å²) in [5.74, 6) is -0.293. The fourth-order valence-corrected chi connectivity index (χ4v) is 5.16. The van der Waals surface area contributed by atoms with E-state index in [1.54, 1.807) is 0 Å². The molecule has 1 unspecified atom stereocenters. The Labute approximate surface area is 128 Å². The average Bonchev–Trinajstić information content (AvgIpc) is 2.50. The van der Waals surface area contributed by atoms with Crippen molar-refractivity contribution in [2.24, 2.45) is 0 Å². The number of benzene rings is 1. The summed E-state index contributed by atoms with van der Waals surface area (Å²) in [4.78, 5) is 2.27. The molecule has 2 rings (SSSR count). The summed E-state index contributed by atoms with van der Waals surface area (Å²) in [6.45, 7) is 6.42. The number of rotatable bonds is 7. The lowest BCUT2D eigenvalue weighted by Gasteiger charge is -2.38. The van der Waals surface area contributed by atoms with Gasteiger partial charge in [-0.15, -0.1) is 0 Å². The molecule has 0 spiro atoms. The molecule has 1 aliphatic rings. The zero-order chi connectivity index (χ0) is 15.1. The van der Waals surface area contributed by atoms with E-state index >= 15 is 0 Å². The summed E-state index contributed by atoms with van der Waals surface area (Å²) in [5, 5.41) is 0. The van der Waals surface area contributed by atoms with Crippen molar-refractivity contribution >= 4 is 7.60 Å². The second-order valence-electron chi connectivity index (χ2n) is 5.26. The quantitative estimate of drug-likeness (QED) is 0.698. The number of hydrogen-bond acceptors (Lipinski definition) is 4. The third-order valence-corrected chi connectivity index (χ3v) is 6.21. The zero-order valence-corrected chi connectivity index (χ0v) is 13.9. The van der Waals surface area contributed by atoms with Gasteiger partial charge in [-0.3, -0.25) is 9.46 Å². The standard InChI is InChI=1S/C16H26NO3P/c1-3-19-21(18,20-4-2)16(15-11-7-5-8-12-15)17-13-9-6-10-14-17/h5,7-8,11-12,16H,3-4,6,9-10,13-14H2,1-2H3. The maximum atomic E-state index is 13.3. The van der Waals surface area contributed by atoms with E-state index in [-0.39, 0.29) is 5.78 Å². The van der Waals surface area contributed by atoms with Gasteiger partial charge in [0.15, 0.2) is 0 Å². The Morgan fingerprint density at radius 3 is 2.14 bits per heavy atom. The maximum absolute atomic E-state index is 13.3. The topological polar surface area (TPSA) is 38.8 Å². The van der Waals surface area contributed by atoms with Crippen molar-refractivity contribution in [3.63, 3.8) is 0 Å². The first-order valence-electron chi connectivity index (χ1n) is 7.89. The van der Waals surface area contributed by atoms with Crippen molar-refractivity contribution in [3.8, 4) is 0 Å². The van der Waals surface area contributed by atoms with Crippen LogP contribution in [-0.4, -0.2) is 31.2 Å². The zero-order valence-electron chi connectivity index (χ0n) is 13.0. The average molecular weight is 311 g/mol. The van der Waals surface area contributed by atoms with Gasteiger partial charge in [-0.1, -0.05) is 36.8 Å². The minimum absolute atomic E-state index is 0.293. The number of hydrogen-bond donors (Lipinski definition) is 0. The predicted molar refractivity (Wildman–Crippen MR) is 85.5 cm³/mol. The van der Waals surface area contributed by atoms with Gasteiger partial charge in [0, 0.05) is 0 Å². The normalized spacial score (nSPS) is 18.6. The molecule has 4 nitrogen and oxygen atoms in total. The number of nitrogens with zero attached hydrogens (tertiary/aromatic N) is 1. The van der Waals surface area contributed by atoms with Gasteiger partial charge >= 0.3 is 7.60 Å². The highest BCUT2D eigenvalue weighted by atomic mass is 31.2. The number of likely N-dealkylation sites (tertiary alicyclic amines) is 1. The highest BCUT2D eigenvalue weighted by Crippen LogP contribution is 2.62. The van der Waals surface area contributed by atoms with Gasteiger partial charge in [0.2, 0.25) is 0 Å². The Balaban J connectivity index is 2.35. The van der Waals surface area contributed by atoms with E-state index in [2.05, 4.69) is 4.90 Å². The van der Waals surface area contributed by atoms with Gasteiger partial charge in [0.1, 0.15) is 5.78 Å². The van der Waals surface area contributed by atoms with Crippen molar-refractivity contribution in [3.05, 3.63) is 35.9 Å². The van der Waals surface area contributed by atoms with E-state index in [0.717, 1.165) is 31.5 Å². The lowest BCUT2D eigenvalue weighted by Crippen LogP contribution is -2.34. The molecule has 1 atom stereocenters. The van der Waals surface area contributed by atoms with Gasteiger partial charge in [0.05, 0.1) is 13.2 Å². The molecule has 0 radical (unpaired) electrons. The molecule has 1 heterocycles. The van der Waals surface area contributed by atoms with Gasteiger partial charge in [-0.05, 0) is 45.3 Å². The van der Waals surface area contributed by atoms with E-state index in [1.807, 2.05) is 44.2 Å². The molecular weight excluding hydrogens is 285 g/mol. The Morgan fingerprint density at radius 2 is 1.62 bits per heavy atom. The van der Waals surface area contributed by atoms with E-state index < -0.39 is 7.60 Å². The Bertz CT molecular complexity index is 450.